The Morgan fingerprint density at radius 3 is 2.79 bits per heavy atom. The second-order valence-electron chi connectivity index (χ2n) is 3.66. The van der Waals surface area contributed by atoms with Crippen LogP contribution in [0.5, 0.6) is 0 Å². The summed E-state index contributed by atoms with van der Waals surface area (Å²) in [6.45, 7) is 4.10. The van der Waals surface area contributed by atoms with E-state index in [-0.39, 0.29) is 0 Å². The molecule has 1 heterocycles. The predicted molar refractivity (Wildman–Crippen MR) is 61.8 cm³/mol. The molecule has 0 bridgehead atoms. The molecule has 1 aliphatic rings. The molecule has 1 aromatic rings. The summed E-state index contributed by atoms with van der Waals surface area (Å²) in [6.07, 6.45) is 0.881. The van der Waals surface area contributed by atoms with E-state index in [1.807, 2.05) is 19.1 Å². The molecule has 0 saturated carbocycles. The largest absolute Gasteiger partial charge is 0.286 e. The molecule has 0 saturated heterocycles. The second-order valence-corrected chi connectivity index (χ2v) is 4.44. The maximum atomic E-state index is 6.15. The molecule has 0 unspecified atom stereocenters. The van der Waals surface area contributed by atoms with E-state index in [2.05, 4.69) is 11.9 Å². The van der Waals surface area contributed by atoms with Crippen molar-refractivity contribution < 1.29 is 0 Å². The summed E-state index contributed by atoms with van der Waals surface area (Å²) >= 11 is 12.1. The van der Waals surface area contributed by atoms with Crippen molar-refractivity contribution in [2.24, 2.45) is 4.99 Å². The fraction of sp³-hybridized carbons (Fsp3) is 0.364. The first-order valence-electron chi connectivity index (χ1n) is 4.61. The van der Waals surface area contributed by atoms with Gasteiger partial charge >= 0.3 is 0 Å². The number of benzene rings is 1. The number of rotatable bonds is 0. The number of fused-ring (bicyclic) bond motifs is 1. The molecule has 3 heteroatoms. The van der Waals surface area contributed by atoms with E-state index >= 15 is 0 Å². The first-order valence-corrected chi connectivity index (χ1v) is 5.37. The predicted octanol–water partition coefficient (Wildman–Crippen LogP) is 3.75. The highest BCUT2D eigenvalue weighted by molar-refractivity contribution is 6.42. The zero-order valence-corrected chi connectivity index (χ0v) is 9.65. The Kier molecular flexibility index (Phi) is 2.54. The second kappa shape index (κ2) is 3.56. The Labute approximate surface area is 93.8 Å². The average molecular weight is 228 g/mol. The van der Waals surface area contributed by atoms with Crippen LogP contribution in [-0.4, -0.2) is 11.8 Å². The number of aliphatic imine (C=N–C) groups is 1. The standard InChI is InChI=1S/C11H11Cl2N/c1-6-5-9-8(7(2)14-6)3-4-10(12)11(9)13/h3-4,6H,5H2,1-2H3/t6-/m1/s1. The fourth-order valence-electron chi connectivity index (χ4n) is 1.87. The van der Waals surface area contributed by atoms with E-state index in [9.17, 15) is 0 Å². The normalized spacial score (nSPS) is 20.3. The smallest absolute Gasteiger partial charge is 0.0631 e. The topological polar surface area (TPSA) is 12.4 Å². The van der Waals surface area contributed by atoms with Crippen LogP contribution >= 0.6 is 23.2 Å². The van der Waals surface area contributed by atoms with Gasteiger partial charge in [-0.05, 0) is 31.9 Å². The summed E-state index contributed by atoms with van der Waals surface area (Å²) in [5.74, 6) is 0. The van der Waals surface area contributed by atoms with Crippen molar-refractivity contribution in [2.45, 2.75) is 26.3 Å². The minimum atomic E-state index is 0.304. The van der Waals surface area contributed by atoms with Crippen LogP contribution in [0.3, 0.4) is 0 Å². The Balaban J connectivity index is 2.63. The molecule has 0 radical (unpaired) electrons. The number of halogens is 2. The van der Waals surface area contributed by atoms with Crippen molar-refractivity contribution in [1.29, 1.82) is 0 Å². The van der Waals surface area contributed by atoms with Crippen molar-refractivity contribution in [2.75, 3.05) is 0 Å². The molecule has 0 fully saturated rings. The zero-order valence-electron chi connectivity index (χ0n) is 8.14. The van der Waals surface area contributed by atoms with E-state index in [0.717, 1.165) is 23.3 Å². The lowest BCUT2D eigenvalue weighted by molar-refractivity contribution is 0.727. The first-order chi connectivity index (χ1) is 6.59. The Morgan fingerprint density at radius 2 is 2.07 bits per heavy atom. The molecular weight excluding hydrogens is 217 g/mol. The first kappa shape index (κ1) is 10.0. The molecule has 2 rings (SSSR count). The Bertz CT molecular complexity index is 410. The molecular formula is C11H11Cl2N. The molecule has 1 nitrogen and oxygen atoms in total. The minimum absolute atomic E-state index is 0.304. The maximum absolute atomic E-state index is 6.15. The lowest BCUT2D eigenvalue weighted by Crippen LogP contribution is -2.17. The molecule has 0 aromatic heterocycles. The van der Waals surface area contributed by atoms with Crippen LogP contribution in [0.2, 0.25) is 10.0 Å². The van der Waals surface area contributed by atoms with Gasteiger partial charge in [0.05, 0.1) is 16.1 Å². The van der Waals surface area contributed by atoms with Crippen LogP contribution in [0.15, 0.2) is 17.1 Å². The van der Waals surface area contributed by atoms with Gasteiger partial charge < -0.3 is 0 Å². The monoisotopic (exact) mass is 227 g/mol. The van der Waals surface area contributed by atoms with E-state index in [0.29, 0.717) is 16.1 Å². The molecule has 1 aromatic carbocycles. The summed E-state index contributed by atoms with van der Waals surface area (Å²) in [5, 5.41) is 1.32. The van der Waals surface area contributed by atoms with Gasteiger partial charge in [0.15, 0.2) is 0 Å². The Hall–Kier alpha value is -0.530. The summed E-state index contributed by atoms with van der Waals surface area (Å²) in [7, 11) is 0. The summed E-state index contributed by atoms with van der Waals surface area (Å²) in [4.78, 5) is 4.51. The lowest BCUT2D eigenvalue weighted by atomic mass is 9.95. The van der Waals surface area contributed by atoms with Gasteiger partial charge in [0.2, 0.25) is 0 Å². The number of nitrogens with zero attached hydrogens (tertiary/aromatic N) is 1. The average Bonchev–Trinajstić information content (AvgIpc) is 2.12. The van der Waals surface area contributed by atoms with Crippen molar-refractivity contribution >= 4 is 28.9 Å². The zero-order chi connectivity index (χ0) is 10.3. The molecule has 0 aliphatic carbocycles. The Morgan fingerprint density at radius 1 is 1.36 bits per heavy atom. The van der Waals surface area contributed by atoms with Gasteiger partial charge in [-0.1, -0.05) is 29.3 Å². The van der Waals surface area contributed by atoms with Crippen molar-refractivity contribution in [1.82, 2.24) is 0 Å². The summed E-state index contributed by atoms with van der Waals surface area (Å²) in [5.41, 5.74) is 3.33. The molecule has 14 heavy (non-hydrogen) atoms. The molecule has 1 atom stereocenters. The maximum Gasteiger partial charge on any atom is 0.0631 e. The highest BCUT2D eigenvalue weighted by Crippen LogP contribution is 2.32. The van der Waals surface area contributed by atoms with Gasteiger partial charge in [-0.25, -0.2) is 0 Å². The molecule has 0 spiro atoms. The SMILES string of the molecule is CC1=N[C@H](C)Cc2c1ccc(Cl)c2Cl. The van der Waals surface area contributed by atoms with Gasteiger partial charge in [-0.15, -0.1) is 0 Å². The minimum Gasteiger partial charge on any atom is -0.286 e. The van der Waals surface area contributed by atoms with Crippen LogP contribution in [0.1, 0.15) is 25.0 Å². The number of hydrogen-bond acceptors (Lipinski definition) is 1. The van der Waals surface area contributed by atoms with Gasteiger partial charge in [0.25, 0.3) is 0 Å². The third-order valence-corrected chi connectivity index (χ3v) is 3.34. The van der Waals surface area contributed by atoms with Gasteiger partial charge in [-0.2, -0.15) is 0 Å². The third kappa shape index (κ3) is 1.55. The molecule has 0 amide bonds. The van der Waals surface area contributed by atoms with E-state index < -0.39 is 0 Å². The highest BCUT2D eigenvalue weighted by Gasteiger charge is 2.19. The summed E-state index contributed by atoms with van der Waals surface area (Å²) in [6, 6.07) is 4.13. The lowest BCUT2D eigenvalue weighted by Gasteiger charge is -2.20. The van der Waals surface area contributed by atoms with Crippen LogP contribution in [0, 0.1) is 0 Å². The van der Waals surface area contributed by atoms with Crippen molar-refractivity contribution in [3.63, 3.8) is 0 Å². The summed E-state index contributed by atoms with van der Waals surface area (Å²) < 4.78 is 0. The van der Waals surface area contributed by atoms with E-state index in [1.165, 1.54) is 0 Å². The number of hydrogen-bond donors (Lipinski definition) is 0. The van der Waals surface area contributed by atoms with Crippen LogP contribution < -0.4 is 0 Å². The fourth-order valence-corrected chi connectivity index (χ4v) is 2.29. The van der Waals surface area contributed by atoms with Crippen LogP contribution in [0.25, 0.3) is 0 Å². The third-order valence-electron chi connectivity index (χ3n) is 2.50. The van der Waals surface area contributed by atoms with Crippen molar-refractivity contribution in [3.8, 4) is 0 Å². The quantitative estimate of drug-likeness (QED) is 0.641. The van der Waals surface area contributed by atoms with E-state index in [4.69, 9.17) is 23.2 Å². The highest BCUT2D eigenvalue weighted by atomic mass is 35.5. The molecule has 0 N–H and O–H groups in total. The van der Waals surface area contributed by atoms with Gasteiger partial charge in [-0.3, -0.25) is 4.99 Å². The van der Waals surface area contributed by atoms with E-state index in [1.54, 1.807) is 0 Å². The van der Waals surface area contributed by atoms with Crippen LogP contribution in [-0.2, 0) is 6.42 Å². The van der Waals surface area contributed by atoms with Crippen molar-refractivity contribution in [3.05, 3.63) is 33.3 Å². The van der Waals surface area contributed by atoms with Gasteiger partial charge in [0.1, 0.15) is 0 Å². The molecule has 1 aliphatic heterocycles. The molecule has 74 valence electrons. The van der Waals surface area contributed by atoms with Crippen LogP contribution in [0.4, 0.5) is 0 Å². The van der Waals surface area contributed by atoms with Gasteiger partial charge in [0, 0.05) is 11.3 Å².